The molecule has 1 fully saturated rings. The number of rotatable bonds is 2. The first-order valence-corrected chi connectivity index (χ1v) is 6.96. The SMILES string of the molecule is O=S1(=O)C[C@@H](O)[C@@H](N=Cc2ccc(F)cc2)C1. The molecule has 1 heterocycles. The molecular weight excluding hydrogens is 245 g/mol. The van der Waals surface area contributed by atoms with Crippen molar-refractivity contribution in [2.24, 2.45) is 4.99 Å². The van der Waals surface area contributed by atoms with Gasteiger partial charge < -0.3 is 5.11 Å². The molecule has 2 rings (SSSR count). The van der Waals surface area contributed by atoms with Crippen LogP contribution in [-0.2, 0) is 9.84 Å². The first kappa shape index (κ1) is 12.2. The van der Waals surface area contributed by atoms with Crippen LogP contribution in [0.3, 0.4) is 0 Å². The van der Waals surface area contributed by atoms with Gasteiger partial charge >= 0.3 is 0 Å². The van der Waals surface area contributed by atoms with E-state index in [1.165, 1.54) is 30.5 Å². The molecule has 1 N–H and O–H groups in total. The van der Waals surface area contributed by atoms with E-state index in [0.29, 0.717) is 5.56 Å². The third kappa shape index (κ3) is 3.10. The number of nitrogens with zero attached hydrogens (tertiary/aromatic N) is 1. The molecule has 6 heteroatoms. The molecule has 1 aromatic carbocycles. The zero-order chi connectivity index (χ0) is 12.5. The van der Waals surface area contributed by atoms with E-state index in [2.05, 4.69) is 4.99 Å². The standard InChI is InChI=1S/C11H12FNO3S/c12-9-3-1-8(2-4-9)5-13-10-6-17(15,16)7-11(10)14/h1-5,10-11,14H,6-7H2/t10-,11+/m0/s1. The molecule has 0 amide bonds. The Bertz CT molecular complexity index is 524. The van der Waals surface area contributed by atoms with Crippen LogP contribution in [0.15, 0.2) is 29.3 Å². The largest absolute Gasteiger partial charge is 0.390 e. The summed E-state index contributed by atoms with van der Waals surface area (Å²) in [5.41, 5.74) is 0.669. The van der Waals surface area contributed by atoms with E-state index in [1.807, 2.05) is 0 Å². The van der Waals surface area contributed by atoms with Gasteiger partial charge in [-0.05, 0) is 17.7 Å². The summed E-state index contributed by atoms with van der Waals surface area (Å²) in [4.78, 5) is 4.02. The fraction of sp³-hybridized carbons (Fsp3) is 0.364. The van der Waals surface area contributed by atoms with Crippen molar-refractivity contribution >= 4 is 16.1 Å². The Morgan fingerprint density at radius 3 is 2.47 bits per heavy atom. The van der Waals surface area contributed by atoms with Crippen molar-refractivity contribution in [3.05, 3.63) is 35.6 Å². The van der Waals surface area contributed by atoms with Crippen LogP contribution in [0.1, 0.15) is 5.56 Å². The van der Waals surface area contributed by atoms with Crippen LogP contribution in [0, 0.1) is 5.82 Å². The van der Waals surface area contributed by atoms with Gasteiger partial charge in [-0.25, -0.2) is 12.8 Å². The molecule has 0 spiro atoms. The van der Waals surface area contributed by atoms with Crippen LogP contribution in [0.4, 0.5) is 4.39 Å². The average molecular weight is 257 g/mol. The molecule has 1 aromatic rings. The molecule has 4 nitrogen and oxygen atoms in total. The summed E-state index contributed by atoms with van der Waals surface area (Å²) in [6.45, 7) is 0. The lowest BCUT2D eigenvalue weighted by atomic mass is 10.2. The Morgan fingerprint density at radius 1 is 1.29 bits per heavy atom. The molecule has 0 saturated carbocycles. The second-order valence-corrected chi connectivity index (χ2v) is 6.20. The maximum Gasteiger partial charge on any atom is 0.155 e. The molecule has 1 aliphatic rings. The normalized spacial score (nSPS) is 27.6. The van der Waals surface area contributed by atoms with Gasteiger partial charge in [-0.1, -0.05) is 12.1 Å². The molecule has 0 unspecified atom stereocenters. The summed E-state index contributed by atoms with van der Waals surface area (Å²) >= 11 is 0. The number of aliphatic imine (C=N–C) groups is 1. The third-order valence-corrected chi connectivity index (χ3v) is 4.28. The molecule has 17 heavy (non-hydrogen) atoms. The number of sulfone groups is 1. The van der Waals surface area contributed by atoms with E-state index in [-0.39, 0.29) is 17.3 Å². The molecule has 0 aromatic heterocycles. The van der Waals surface area contributed by atoms with Crippen molar-refractivity contribution in [2.75, 3.05) is 11.5 Å². The summed E-state index contributed by atoms with van der Waals surface area (Å²) < 4.78 is 35.1. The molecule has 2 atom stereocenters. The smallest absolute Gasteiger partial charge is 0.155 e. The Morgan fingerprint density at radius 2 is 1.94 bits per heavy atom. The van der Waals surface area contributed by atoms with Crippen molar-refractivity contribution in [1.29, 1.82) is 0 Å². The zero-order valence-corrected chi connectivity index (χ0v) is 9.77. The highest BCUT2D eigenvalue weighted by molar-refractivity contribution is 7.91. The summed E-state index contributed by atoms with van der Waals surface area (Å²) in [5.74, 6) is -0.713. The summed E-state index contributed by atoms with van der Waals surface area (Å²) in [6, 6.07) is 5.04. The molecule has 0 bridgehead atoms. The second kappa shape index (κ2) is 4.54. The first-order valence-electron chi connectivity index (χ1n) is 5.13. The molecule has 92 valence electrons. The Labute approximate surface area is 98.7 Å². The van der Waals surface area contributed by atoms with Crippen molar-refractivity contribution in [3.8, 4) is 0 Å². The topological polar surface area (TPSA) is 66.7 Å². The number of aliphatic hydroxyl groups excluding tert-OH is 1. The van der Waals surface area contributed by atoms with Crippen molar-refractivity contribution < 1.29 is 17.9 Å². The third-order valence-electron chi connectivity index (χ3n) is 2.58. The van der Waals surface area contributed by atoms with Crippen LogP contribution in [-0.4, -0.2) is 43.4 Å². The number of hydrogen-bond donors (Lipinski definition) is 1. The summed E-state index contributed by atoms with van der Waals surface area (Å²) in [6.07, 6.45) is 0.505. The number of benzene rings is 1. The van der Waals surface area contributed by atoms with Crippen LogP contribution < -0.4 is 0 Å². The van der Waals surface area contributed by atoms with E-state index in [4.69, 9.17) is 0 Å². The van der Waals surface area contributed by atoms with E-state index >= 15 is 0 Å². The van der Waals surface area contributed by atoms with Crippen molar-refractivity contribution in [3.63, 3.8) is 0 Å². The fourth-order valence-electron chi connectivity index (χ4n) is 1.68. The van der Waals surface area contributed by atoms with E-state index in [9.17, 15) is 17.9 Å². The minimum Gasteiger partial charge on any atom is -0.390 e. The lowest BCUT2D eigenvalue weighted by Crippen LogP contribution is -2.21. The van der Waals surface area contributed by atoms with Gasteiger partial charge in [0.05, 0.1) is 23.7 Å². The maximum absolute atomic E-state index is 12.6. The van der Waals surface area contributed by atoms with Gasteiger partial charge in [-0.2, -0.15) is 0 Å². The molecule has 0 radical (unpaired) electrons. The quantitative estimate of drug-likeness (QED) is 0.780. The predicted molar refractivity (Wildman–Crippen MR) is 62.4 cm³/mol. The fourth-order valence-corrected chi connectivity index (χ4v) is 3.39. The van der Waals surface area contributed by atoms with E-state index in [0.717, 1.165) is 0 Å². The monoisotopic (exact) mass is 257 g/mol. The predicted octanol–water partition coefficient (Wildman–Crippen LogP) is 0.402. The number of hydrogen-bond acceptors (Lipinski definition) is 4. The summed E-state index contributed by atoms with van der Waals surface area (Å²) in [5, 5.41) is 9.49. The molecule has 0 aliphatic carbocycles. The number of halogens is 1. The summed E-state index contributed by atoms with van der Waals surface area (Å²) in [7, 11) is -3.18. The van der Waals surface area contributed by atoms with E-state index in [1.54, 1.807) is 0 Å². The Balaban J connectivity index is 2.09. The minimum absolute atomic E-state index is 0.133. The van der Waals surface area contributed by atoms with Crippen molar-refractivity contribution in [1.82, 2.24) is 0 Å². The van der Waals surface area contributed by atoms with Gasteiger partial charge in [0.25, 0.3) is 0 Å². The van der Waals surface area contributed by atoms with Crippen LogP contribution in [0.25, 0.3) is 0 Å². The van der Waals surface area contributed by atoms with Crippen LogP contribution in [0.2, 0.25) is 0 Å². The lowest BCUT2D eigenvalue weighted by Gasteiger charge is -2.05. The zero-order valence-electron chi connectivity index (χ0n) is 8.95. The van der Waals surface area contributed by atoms with Gasteiger partial charge in [0.15, 0.2) is 9.84 Å². The van der Waals surface area contributed by atoms with Crippen LogP contribution in [0.5, 0.6) is 0 Å². The lowest BCUT2D eigenvalue weighted by molar-refractivity contribution is 0.184. The van der Waals surface area contributed by atoms with Gasteiger partial charge in [0, 0.05) is 6.21 Å². The highest BCUT2D eigenvalue weighted by Crippen LogP contribution is 2.15. The van der Waals surface area contributed by atoms with Gasteiger partial charge in [-0.15, -0.1) is 0 Å². The molecular formula is C11H12FNO3S. The Hall–Kier alpha value is -1.27. The first-order chi connectivity index (χ1) is 7.96. The van der Waals surface area contributed by atoms with E-state index < -0.39 is 22.0 Å². The maximum atomic E-state index is 12.6. The van der Waals surface area contributed by atoms with Crippen LogP contribution >= 0.6 is 0 Å². The van der Waals surface area contributed by atoms with Gasteiger partial charge in [-0.3, -0.25) is 4.99 Å². The molecule has 1 saturated heterocycles. The highest BCUT2D eigenvalue weighted by Gasteiger charge is 2.35. The van der Waals surface area contributed by atoms with Gasteiger partial charge in [0.2, 0.25) is 0 Å². The van der Waals surface area contributed by atoms with Crippen molar-refractivity contribution in [2.45, 2.75) is 12.1 Å². The van der Waals surface area contributed by atoms with Gasteiger partial charge in [0.1, 0.15) is 5.82 Å². The highest BCUT2D eigenvalue weighted by atomic mass is 32.2. The second-order valence-electron chi connectivity index (χ2n) is 4.04. The minimum atomic E-state index is -3.18. The average Bonchev–Trinajstić information content (AvgIpc) is 2.51. The number of aliphatic hydroxyl groups is 1. The molecule has 1 aliphatic heterocycles. The Kier molecular flexibility index (Phi) is 3.26.